The van der Waals surface area contributed by atoms with Crippen LogP contribution in [0.5, 0.6) is 0 Å². The zero-order valence-electron chi connectivity index (χ0n) is 13.4. The van der Waals surface area contributed by atoms with E-state index in [-0.39, 0.29) is 18.4 Å². The molecular formula is C18H22N2O2S. The Morgan fingerprint density at radius 3 is 2.30 bits per heavy atom. The molecule has 23 heavy (non-hydrogen) atoms. The largest absolute Gasteiger partial charge is 0.341 e. The van der Waals surface area contributed by atoms with Crippen LogP contribution < -0.4 is 5.73 Å². The van der Waals surface area contributed by atoms with Crippen LogP contribution in [0.3, 0.4) is 0 Å². The summed E-state index contributed by atoms with van der Waals surface area (Å²) in [6, 6.07) is 16.8. The van der Waals surface area contributed by atoms with Crippen LogP contribution in [0, 0.1) is 0 Å². The van der Waals surface area contributed by atoms with E-state index in [1.165, 1.54) is 0 Å². The third kappa shape index (κ3) is 5.01. The number of nitrogens with two attached hydrogens (primary N) is 1. The SMILES string of the molecule is CN(Cc1ccc(S(C)=O)cc1)C(=O)CC(N)c1ccccc1. The predicted molar refractivity (Wildman–Crippen MR) is 93.2 cm³/mol. The lowest BCUT2D eigenvalue weighted by Gasteiger charge is -2.20. The van der Waals surface area contributed by atoms with Gasteiger partial charge in [0.15, 0.2) is 0 Å². The van der Waals surface area contributed by atoms with Crippen molar-refractivity contribution < 1.29 is 9.00 Å². The first-order chi connectivity index (χ1) is 11.0. The van der Waals surface area contributed by atoms with Gasteiger partial charge in [0.1, 0.15) is 0 Å². The lowest BCUT2D eigenvalue weighted by molar-refractivity contribution is -0.130. The summed E-state index contributed by atoms with van der Waals surface area (Å²) in [6.07, 6.45) is 1.92. The Balaban J connectivity index is 1.93. The van der Waals surface area contributed by atoms with Gasteiger partial charge in [-0.1, -0.05) is 42.5 Å². The Morgan fingerprint density at radius 2 is 1.74 bits per heavy atom. The van der Waals surface area contributed by atoms with Gasteiger partial charge in [-0.15, -0.1) is 0 Å². The van der Waals surface area contributed by atoms with Crippen molar-refractivity contribution in [3.8, 4) is 0 Å². The molecule has 0 aliphatic rings. The van der Waals surface area contributed by atoms with Crippen LogP contribution in [0.2, 0.25) is 0 Å². The number of rotatable bonds is 6. The third-order valence-electron chi connectivity index (χ3n) is 3.72. The summed E-state index contributed by atoms with van der Waals surface area (Å²) in [6.45, 7) is 0.511. The van der Waals surface area contributed by atoms with Crippen LogP contribution in [0.15, 0.2) is 59.5 Å². The standard InChI is InChI=1S/C18H22N2O2S/c1-20(13-14-8-10-16(11-9-14)23(2)22)18(21)12-17(19)15-6-4-3-5-7-15/h3-11,17H,12-13,19H2,1-2H3. The van der Waals surface area contributed by atoms with Gasteiger partial charge in [0, 0.05) is 48.0 Å². The summed E-state index contributed by atoms with van der Waals surface area (Å²) in [5.41, 5.74) is 8.06. The second-order valence-electron chi connectivity index (χ2n) is 5.57. The first-order valence-corrected chi connectivity index (χ1v) is 9.00. The fourth-order valence-electron chi connectivity index (χ4n) is 2.31. The highest BCUT2D eigenvalue weighted by Gasteiger charge is 2.15. The average molecular weight is 330 g/mol. The van der Waals surface area contributed by atoms with Gasteiger partial charge in [-0.2, -0.15) is 0 Å². The van der Waals surface area contributed by atoms with Gasteiger partial charge < -0.3 is 10.6 Å². The number of nitrogens with zero attached hydrogens (tertiary/aromatic N) is 1. The van der Waals surface area contributed by atoms with Crippen molar-refractivity contribution in [3.63, 3.8) is 0 Å². The summed E-state index contributed by atoms with van der Waals surface area (Å²) >= 11 is 0. The van der Waals surface area contributed by atoms with E-state index in [1.807, 2.05) is 54.6 Å². The van der Waals surface area contributed by atoms with Crippen LogP contribution in [-0.2, 0) is 22.1 Å². The van der Waals surface area contributed by atoms with Crippen LogP contribution in [0.25, 0.3) is 0 Å². The fourth-order valence-corrected chi connectivity index (χ4v) is 2.83. The van der Waals surface area contributed by atoms with Gasteiger partial charge >= 0.3 is 0 Å². The molecule has 2 aromatic carbocycles. The highest BCUT2D eigenvalue weighted by Crippen LogP contribution is 2.16. The molecule has 122 valence electrons. The molecule has 0 aliphatic carbocycles. The van der Waals surface area contributed by atoms with E-state index in [0.717, 1.165) is 16.0 Å². The molecule has 5 heteroatoms. The van der Waals surface area contributed by atoms with Crippen molar-refractivity contribution in [2.75, 3.05) is 13.3 Å². The predicted octanol–water partition coefficient (Wildman–Crippen LogP) is 2.47. The molecule has 0 heterocycles. The highest BCUT2D eigenvalue weighted by molar-refractivity contribution is 7.84. The van der Waals surface area contributed by atoms with Crippen LogP contribution >= 0.6 is 0 Å². The maximum atomic E-state index is 12.3. The van der Waals surface area contributed by atoms with Crippen molar-refractivity contribution in [1.29, 1.82) is 0 Å². The van der Waals surface area contributed by atoms with Crippen LogP contribution in [0.1, 0.15) is 23.6 Å². The Kier molecular flexibility index (Phi) is 6.07. The van der Waals surface area contributed by atoms with Crippen molar-refractivity contribution in [2.45, 2.75) is 23.9 Å². The molecule has 0 fully saturated rings. The number of benzene rings is 2. The number of carbonyl (C=O) groups excluding carboxylic acids is 1. The molecule has 0 bridgehead atoms. The molecule has 2 N–H and O–H groups in total. The van der Waals surface area contributed by atoms with E-state index in [1.54, 1.807) is 18.2 Å². The molecule has 2 rings (SSSR count). The zero-order valence-corrected chi connectivity index (χ0v) is 14.3. The second-order valence-corrected chi connectivity index (χ2v) is 6.95. The van der Waals surface area contributed by atoms with Gasteiger partial charge in [0.05, 0.1) is 0 Å². The summed E-state index contributed by atoms with van der Waals surface area (Å²) in [5.74, 6) is 0.00416. The van der Waals surface area contributed by atoms with Crippen molar-refractivity contribution in [3.05, 3.63) is 65.7 Å². The number of carbonyl (C=O) groups is 1. The summed E-state index contributed by atoms with van der Waals surface area (Å²) < 4.78 is 11.4. The average Bonchev–Trinajstić information content (AvgIpc) is 2.56. The number of hydrogen-bond acceptors (Lipinski definition) is 3. The molecule has 0 saturated carbocycles. The Labute approximate surface area is 139 Å². The minimum atomic E-state index is -0.985. The molecule has 0 aromatic heterocycles. The quantitative estimate of drug-likeness (QED) is 0.885. The summed E-state index contributed by atoms with van der Waals surface area (Å²) in [7, 11) is 0.785. The van der Waals surface area contributed by atoms with E-state index < -0.39 is 10.8 Å². The zero-order chi connectivity index (χ0) is 16.8. The minimum Gasteiger partial charge on any atom is -0.341 e. The Hall–Kier alpha value is -1.98. The highest BCUT2D eigenvalue weighted by atomic mass is 32.2. The molecular weight excluding hydrogens is 308 g/mol. The third-order valence-corrected chi connectivity index (χ3v) is 4.66. The maximum absolute atomic E-state index is 12.3. The van der Waals surface area contributed by atoms with Crippen LogP contribution in [-0.4, -0.2) is 28.3 Å². The van der Waals surface area contributed by atoms with Crippen molar-refractivity contribution >= 4 is 16.7 Å². The summed E-state index contributed by atoms with van der Waals surface area (Å²) in [5, 5.41) is 0. The monoisotopic (exact) mass is 330 g/mol. The van der Waals surface area contributed by atoms with E-state index in [9.17, 15) is 9.00 Å². The van der Waals surface area contributed by atoms with Crippen molar-refractivity contribution in [1.82, 2.24) is 4.90 Å². The van der Waals surface area contributed by atoms with E-state index >= 15 is 0 Å². The first-order valence-electron chi connectivity index (χ1n) is 7.44. The lowest BCUT2D eigenvalue weighted by Crippen LogP contribution is -2.29. The fraction of sp³-hybridized carbons (Fsp3) is 0.278. The number of hydrogen-bond donors (Lipinski definition) is 1. The van der Waals surface area contributed by atoms with E-state index in [2.05, 4.69) is 0 Å². The normalized spacial score (nSPS) is 13.3. The molecule has 4 nitrogen and oxygen atoms in total. The van der Waals surface area contributed by atoms with Crippen molar-refractivity contribution in [2.24, 2.45) is 5.73 Å². The van der Waals surface area contributed by atoms with Gasteiger partial charge in [0.25, 0.3) is 0 Å². The molecule has 0 spiro atoms. The topological polar surface area (TPSA) is 63.4 Å². The van der Waals surface area contributed by atoms with E-state index in [4.69, 9.17) is 5.73 Å². The van der Waals surface area contributed by atoms with Gasteiger partial charge in [-0.05, 0) is 23.3 Å². The van der Waals surface area contributed by atoms with Gasteiger partial charge in [-0.3, -0.25) is 9.00 Å². The molecule has 2 unspecified atom stereocenters. The molecule has 0 radical (unpaired) electrons. The number of amides is 1. The van der Waals surface area contributed by atoms with Gasteiger partial charge in [-0.25, -0.2) is 0 Å². The van der Waals surface area contributed by atoms with Crippen LogP contribution in [0.4, 0.5) is 0 Å². The minimum absolute atomic E-state index is 0.00416. The summed E-state index contributed by atoms with van der Waals surface area (Å²) in [4.78, 5) is 14.8. The Morgan fingerprint density at radius 1 is 1.13 bits per heavy atom. The smallest absolute Gasteiger partial charge is 0.224 e. The molecule has 2 aromatic rings. The molecule has 1 amide bonds. The second kappa shape index (κ2) is 8.04. The molecule has 0 saturated heterocycles. The lowest BCUT2D eigenvalue weighted by atomic mass is 10.0. The van der Waals surface area contributed by atoms with E-state index in [0.29, 0.717) is 6.54 Å². The first kappa shape index (κ1) is 17.4. The van der Waals surface area contributed by atoms with Gasteiger partial charge in [0.2, 0.25) is 5.91 Å². The maximum Gasteiger partial charge on any atom is 0.224 e. The Bertz CT molecular complexity index is 671. The molecule has 2 atom stereocenters. The molecule has 0 aliphatic heterocycles.